The number of nitrogens with one attached hydrogen (secondary N) is 1. The SMILES string of the molecule is CCC(NCCOc1ccc(OC)cc1)C(=O)c1ccc(N)cc1. The lowest BCUT2D eigenvalue weighted by Gasteiger charge is -2.16. The van der Waals surface area contributed by atoms with Gasteiger partial charge in [0.1, 0.15) is 18.1 Å². The van der Waals surface area contributed by atoms with Gasteiger partial charge in [0.05, 0.1) is 13.2 Å². The predicted molar refractivity (Wildman–Crippen MR) is 95.8 cm³/mol. The molecule has 0 aliphatic rings. The van der Waals surface area contributed by atoms with E-state index in [0.717, 1.165) is 11.5 Å². The number of rotatable bonds is 9. The Morgan fingerprint density at radius 1 is 1.08 bits per heavy atom. The fourth-order valence-electron chi connectivity index (χ4n) is 2.34. The van der Waals surface area contributed by atoms with Crippen LogP contribution in [0.5, 0.6) is 11.5 Å². The first-order chi connectivity index (χ1) is 11.6. The minimum atomic E-state index is -0.229. The molecular weight excluding hydrogens is 304 g/mol. The topological polar surface area (TPSA) is 73.6 Å². The van der Waals surface area contributed by atoms with Crippen LogP contribution in [0.1, 0.15) is 23.7 Å². The molecule has 2 aromatic carbocycles. The average molecular weight is 328 g/mol. The highest BCUT2D eigenvalue weighted by molar-refractivity contribution is 6.00. The van der Waals surface area contributed by atoms with Crippen LogP contribution in [0.4, 0.5) is 5.69 Å². The summed E-state index contributed by atoms with van der Waals surface area (Å²) in [7, 11) is 1.63. The second kappa shape index (κ2) is 8.93. The van der Waals surface area contributed by atoms with Crippen molar-refractivity contribution in [3.8, 4) is 11.5 Å². The van der Waals surface area contributed by atoms with Crippen LogP contribution in [0.2, 0.25) is 0 Å². The number of carbonyl (C=O) groups is 1. The van der Waals surface area contributed by atoms with Gasteiger partial charge in [0.25, 0.3) is 0 Å². The molecule has 0 aliphatic carbocycles. The van der Waals surface area contributed by atoms with Crippen LogP contribution in [-0.4, -0.2) is 32.1 Å². The second-order valence-corrected chi connectivity index (χ2v) is 5.43. The van der Waals surface area contributed by atoms with Gasteiger partial charge in [0, 0.05) is 17.8 Å². The number of nitrogens with two attached hydrogens (primary N) is 1. The maximum absolute atomic E-state index is 12.5. The zero-order valence-corrected chi connectivity index (χ0v) is 14.1. The van der Waals surface area contributed by atoms with Gasteiger partial charge < -0.3 is 20.5 Å². The fourth-order valence-corrected chi connectivity index (χ4v) is 2.34. The summed E-state index contributed by atoms with van der Waals surface area (Å²) in [5.41, 5.74) is 6.98. The van der Waals surface area contributed by atoms with E-state index in [0.29, 0.717) is 30.8 Å². The number of Topliss-reactive ketones (excluding diaryl/α,β-unsaturated/α-hetero) is 1. The molecule has 0 aromatic heterocycles. The Hall–Kier alpha value is -2.53. The third-order valence-electron chi connectivity index (χ3n) is 3.74. The monoisotopic (exact) mass is 328 g/mol. The van der Waals surface area contributed by atoms with Gasteiger partial charge in [-0.1, -0.05) is 6.92 Å². The number of nitrogen functional groups attached to an aromatic ring is 1. The van der Waals surface area contributed by atoms with Crippen LogP contribution in [0.25, 0.3) is 0 Å². The third-order valence-corrected chi connectivity index (χ3v) is 3.74. The van der Waals surface area contributed by atoms with Crippen molar-refractivity contribution in [3.05, 3.63) is 54.1 Å². The van der Waals surface area contributed by atoms with Gasteiger partial charge in [-0.15, -0.1) is 0 Å². The summed E-state index contributed by atoms with van der Waals surface area (Å²) in [6, 6.07) is 14.2. The van der Waals surface area contributed by atoms with Crippen molar-refractivity contribution in [2.24, 2.45) is 0 Å². The van der Waals surface area contributed by atoms with Gasteiger partial charge >= 0.3 is 0 Å². The van der Waals surface area contributed by atoms with Crippen LogP contribution in [0.3, 0.4) is 0 Å². The number of benzene rings is 2. The standard InChI is InChI=1S/C19H24N2O3/c1-3-18(19(22)14-4-6-15(20)7-5-14)21-12-13-24-17-10-8-16(23-2)9-11-17/h4-11,18,21H,3,12-13,20H2,1-2H3. The van der Waals surface area contributed by atoms with E-state index in [2.05, 4.69) is 5.32 Å². The van der Waals surface area contributed by atoms with E-state index in [9.17, 15) is 4.79 Å². The highest BCUT2D eigenvalue weighted by atomic mass is 16.5. The highest BCUT2D eigenvalue weighted by Gasteiger charge is 2.17. The van der Waals surface area contributed by atoms with Crippen molar-refractivity contribution in [3.63, 3.8) is 0 Å². The van der Waals surface area contributed by atoms with E-state index < -0.39 is 0 Å². The van der Waals surface area contributed by atoms with Gasteiger partial charge in [-0.05, 0) is 55.0 Å². The maximum atomic E-state index is 12.5. The molecule has 24 heavy (non-hydrogen) atoms. The number of ketones is 1. The quantitative estimate of drug-likeness (QED) is 0.421. The second-order valence-electron chi connectivity index (χ2n) is 5.43. The molecule has 0 radical (unpaired) electrons. The first-order valence-corrected chi connectivity index (χ1v) is 8.04. The molecule has 1 unspecified atom stereocenters. The van der Waals surface area contributed by atoms with Crippen molar-refractivity contribution in [1.29, 1.82) is 0 Å². The van der Waals surface area contributed by atoms with Crippen molar-refractivity contribution in [2.45, 2.75) is 19.4 Å². The van der Waals surface area contributed by atoms with Crippen molar-refractivity contribution >= 4 is 11.5 Å². The fraction of sp³-hybridized carbons (Fsp3) is 0.316. The molecule has 0 amide bonds. The normalized spacial score (nSPS) is 11.8. The summed E-state index contributed by atoms with van der Waals surface area (Å²) < 4.78 is 10.8. The zero-order valence-electron chi connectivity index (χ0n) is 14.1. The molecule has 0 bridgehead atoms. The Morgan fingerprint density at radius 3 is 2.29 bits per heavy atom. The van der Waals surface area contributed by atoms with Gasteiger partial charge in [0.15, 0.2) is 5.78 Å². The summed E-state index contributed by atoms with van der Waals surface area (Å²) >= 11 is 0. The number of ether oxygens (including phenoxy) is 2. The van der Waals surface area contributed by atoms with Crippen LogP contribution < -0.4 is 20.5 Å². The largest absolute Gasteiger partial charge is 0.497 e. The minimum Gasteiger partial charge on any atom is -0.497 e. The zero-order chi connectivity index (χ0) is 17.4. The van der Waals surface area contributed by atoms with E-state index in [1.807, 2.05) is 31.2 Å². The molecule has 0 fully saturated rings. The molecule has 3 N–H and O–H groups in total. The summed E-state index contributed by atoms with van der Waals surface area (Å²) in [6.45, 7) is 3.06. The van der Waals surface area contributed by atoms with E-state index in [-0.39, 0.29) is 11.8 Å². The van der Waals surface area contributed by atoms with Crippen molar-refractivity contribution < 1.29 is 14.3 Å². The van der Waals surface area contributed by atoms with Crippen LogP contribution >= 0.6 is 0 Å². The molecule has 0 spiro atoms. The number of hydrogen-bond acceptors (Lipinski definition) is 5. The molecule has 1 atom stereocenters. The number of hydrogen-bond donors (Lipinski definition) is 2. The molecule has 2 aromatic rings. The van der Waals surface area contributed by atoms with Gasteiger partial charge in [-0.3, -0.25) is 4.79 Å². The maximum Gasteiger partial charge on any atom is 0.179 e. The molecule has 0 aliphatic heterocycles. The van der Waals surface area contributed by atoms with Crippen molar-refractivity contribution in [2.75, 3.05) is 26.0 Å². The van der Waals surface area contributed by atoms with Gasteiger partial charge in [-0.25, -0.2) is 0 Å². The Balaban J connectivity index is 1.80. The summed E-state index contributed by atoms with van der Waals surface area (Å²) in [6.07, 6.45) is 0.714. The number of anilines is 1. The Kier molecular flexibility index (Phi) is 6.63. The minimum absolute atomic E-state index is 0.0712. The van der Waals surface area contributed by atoms with E-state index in [1.54, 1.807) is 31.4 Å². The summed E-state index contributed by atoms with van der Waals surface area (Å²) in [5.74, 6) is 1.64. The summed E-state index contributed by atoms with van der Waals surface area (Å²) in [5, 5.41) is 3.24. The third kappa shape index (κ3) is 4.99. The molecule has 2 rings (SSSR count). The first kappa shape index (κ1) is 17.8. The Morgan fingerprint density at radius 2 is 1.71 bits per heavy atom. The van der Waals surface area contributed by atoms with Crippen LogP contribution in [0.15, 0.2) is 48.5 Å². The lowest BCUT2D eigenvalue weighted by atomic mass is 10.0. The highest BCUT2D eigenvalue weighted by Crippen LogP contribution is 2.16. The van der Waals surface area contributed by atoms with E-state index in [1.165, 1.54) is 0 Å². The molecule has 0 heterocycles. The van der Waals surface area contributed by atoms with Crippen molar-refractivity contribution in [1.82, 2.24) is 5.32 Å². The van der Waals surface area contributed by atoms with E-state index in [4.69, 9.17) is 15.2 Å². The first-order valence-electron chi connectivity index (χ1n) is 8.04. The van der Waals surface area contributed by atoms with Gasteiger partial charge in [0.2, 0.25) is 0 Å². The van der Waals surface area contributed by atoms with E-state index >= 15 is 0 Å². The Bertz CT molecular complexity index is 639. The van der Waals surface area contributed by atoms with Gasteiger partial charge in [-0.2, -0.15) is 0 Å². The molecule has 0 saturated carbocycles. The molecule has 5 nitrogen and oxygen atoms in total. The summed E-state index contributed by atoms with van der Waals surface area (Å²) in [4.78, 5) is 12.5. The molecular formula is C19H24N2O3. The lowest BCUT2D eigenvalue weighted by Crippen LogP contribution is -2.38. The average Bonchev–Trinajstić information content (AvgIpc) is 2.62. The number of methoxy groups -OCH3 is 1. The molecule has 5 heteroatoms. The Labute approximate surface area is 142 Å². The van der Waals surface area contributed by atoms with Crippen LogP contribution in [-0.2, 0) is 0 Å². The molecule has 0 saturated heterocycles. The molecule has 128 valence electrons. The lowest BCUT2D eigenvalue weighted by molar-refractivity contribution is 0.0938. The predicted octanol–water partition coefficient (Wildman–Crippen LogP) is 2.91. The number of carbonyl (C=O) groups excluding carboxylic acids is 1. The smallest absolute Gasteiger partial charge is 0.179 e. The van der Waals surface area contributed by atoms with Crippen LogP contribution in [0, 0.1) is 0 Å².